The summed E-state index contributed by atoms with van der Waals surface area (Å²) < 4.78 is 5.80. The minimum atomic E-state index is -0.101. The molecule has 1 heteroatoms. The Labute approximate surface area is 86.1 Å². The fraction of sp³-hybridized carbons (Fsp3) is 0.538. The molecule has 0 radical (unpaired) electrons. The maximum Gasteiger partial charge on any atom is 0.0886 e. The van der Waals surface area contributed by atoms with E-state index in [1.807, 2.05) is 0 Å². The molecule has 0 saturated carbocycles. The van der Waals surface area contributed by atoms with Crippen molar-refractivity contribution < 1.29 is 4.74 Å². The Balaban J connectivity index is 2.60. The average Bonchev–Trinajstić information content (AvgIpc) is 2.43. The Morgan fingerprint density at radius 3 is 2.64 bits per heavy atom. The zero-order valence-corrected chi connectivity index (χ0v) is 9.42. The molecule has 76 valence electrons. The van der Waals surface area contributed by atoms with Crippen molar-refractivity contribution in [2.45, 2.75) is 45.8 Å². The van der Waals surface area contributed by atoms with Crippen LogP contribution in [0.1, 0.15) is 50.3 Å². The molecule has 0 spiro atoms. The highest BCUT2D eigenvalue weighted by molar-refractivity contribution is 5.42. The number of fused-ring (bicyclic) bond motifs is 1. The van der Waals surface area contributed by atoms with Crippen molar-refractivity contribution in [2.75, 3.05) is 0 Å². The summed E-state index contributed by atoms with van der Waals surface area (Å²) in [4.78, 5) is 0. The van der Waals surface area contributed by atoms with E-state index in [0.29, 0.717) is 5.92 Å². The van der Waals surface area contributed by atoms with E-state index in [-0.39, 0.29) is 5.60 Å². The zero-order valence-electron chi connectivity index (χ0n) is 9.42. The molecular weight excluding hydrogens is 172 g/mol. The van der Waals surface area contributed by atoms with Crippen molar-refractivity contribution in [3.63, 3.8) is 0 Å². The quantitative estimate of drug-likeness (QED) is 0.657. The smallest absolute Gasteiger partial charge is 0.0886 e. The van der Waals surface area contributed by atoms with Crippen LogP contribution in [0, 0.1) is 0 Å². The van der Waals surface area contributed by atoms with Gasteiger partial charge in [-0.2, -0.15) is 0 Å². The fourth-order valence-corrected chi connectivity index (χ4v) is 2.29. The maximum atomic E-state index is 5.80. The number of benzene rings is 1. The lowest BCUT2D eigenvalue weighted by atomic mass is 9.86. The molecule has 0 atom stereocenters. The standard InChI is InChI=1S/C13H18O/c1-9(2)11-7-5-6-10-8-14-13(3,4)12(10)11/h5-7,9H,8H2,1-4H3. The second-order valence-electron chi connectivity index (χ2n) is 4.84. The third-order valence-electron chi connectivity index (χ3n) is 3.00. The molecule has 0 N–H and O–H groups in total. The lowest BCUT2D eigenvalue weighted by Crippen LogP contribution is -2.17. The van der Waals surface area contributed by atoms with E-state index >= 15 is 0 Å². The molecule has 1 nitrogen and oxygen atoms in total. The minimum Gasteiger partial charge on any atom is -0.366 e. The van der Waals surface area contributed by atoms with Crippen LogP contribution in [-0.4, -0.2) is 0 Å². The van der Waals surface area contributed by atoms with Gasteiger partial charge in [0.15, 0.2) is 0 Å². The normalized spacial score (nSPS) is 18.6. The largest absolute Gasteiger partial charge is 0.366 e. The third-order valence-corrected chi connectivity index (χ3v) is 3.00. The van der Waals surface area contributed by atoms with Gasteiger partial charge >= 0.3 is 0 Å². The second-order valence-corrected chi connectivity index (χ2v) is 4.84. The first-order chi connectivity index (χ1) is 6.52. The molecule has 0 bridgehead atoms. The molecule has 1 aromatic rings. The Morgan fingerprint density at radius 1 is 1.29 bits per heavy atom. The Morgan fingerprint density at radius 2 is 2.00 bits per heavy atom. The van der Waals surface area contributed by atoms with Crippen molar-refractivity contribution in [1.29, 1.82) is 0 Å². The van der Waals surface area contributed by atoms with Gasteiger partial charge in [0.05, 0.1) is 12.2 Å². The molecule has 1 heterocycles. The van der Waals surface area contributed by atoms with Crippen LogP contribution in [0.25, 0.3) is 0 Å². The van der Waals surface area contributed by atoms with Gasteiger partial charge in [0.2, 0.25) is 0 Å². The molecular formula is C13H18O. The van der Waals surface area contributed by atoms with Crippen molar-refractivity contribution in [1.82, 2.24) is 0 Å². The lowest BCUT2D eigenvalue weighted by molar-refractivity contribution is -0.00841. The van der Waals surface area contributed by atoms with Gasteiger partial charge in [0.25, 0.3) is 0 Å². The van der Waals surface area contributed by atoms with Gasteiger partial charge in [-0.1, -0.05) is 32.0 Å². The minimum absolute atomic E-state index is 0.101. The van der Waals surface area contributed by atoms with E-state index in [1.165, 1.54) is 16.7 Å². The summed E-state index contributed by atoms with van der Waals surface area (Å²) >= 11 is 0. The second kappa shape index (κ2) is 3.09. The molecule has 1 aromatic carbocycles. The van der Waals surface area contributed by atoms with Crippen LogP contribution in [-0.2, 0) is 16.9 Å². The number of rotatable bonds is 1. The molecule has 0 amide bonds. The van der Waals surface area contributed by atoms with Crippen LogP contribution >= 0.6 is 0 Å². The van der Waals surface area contributed by atoms with Gasteiger partial charge in [0.1, 0.15) is 0 Å². The summed E-state index contributed by atoms with van der Waals surface area (Å²) in [5.74, 6) is 0.575. The summed E-state index contributed by atoms with van der Waals surface area (Å²) in [6.07, 6.45) is 0. The van der Waals surface area contributed by atoms with Crippen LogP contribution < -0.4 is 0 Å². The van der Waals surface area contributed by atoms with Crippen LogP contribution in [0.4, 0.5) is 0 Å². The predicted molar refractivity (Wildman–Crippen MR) is 58.3 cm³/mol. The lowest BCUT2D eigenvalue weighted by Gasteiger charge is -2.23. The van der Waals surface area contributed by atoms with Gasteiger partial charge in [-0.3, -0.25) is 0 Å². The molecule has 0 fully saturated rings. The monoisotopic (exact) mass is 190 g/mol. The Hall–Kier alpha value is -0.820. The highest BCUT2D eigenvalue weighted by Crippen LogP contribution is 2.40. The van der Waals surface area contributed by atoms with Crippen molar-refractivity contribution in [3.05, 3.63) is 34.9 Å². The van der Waals surface area contributed by atoms with Crippen LogP contribution in [0.3, 0.4) is 0 Å². The van der Waals surface area contributed by atoms with E-state index in [1.54, 1.807) is 0 Å². The summed E-state index contributed by atoms with van der Waals surface area (Å²) in [6.45, 7) is 9.56. The highest BCUT2D eigenvalue weighted by Gasteiger charge is 2.33. The first-order valence-corrected chi connectivity index (χ1v) is 5.28. The molecule has 0 aliphatic carbocycles. The maximum absolute atomic E-state index is 5.80. The predicted octanol–water partition coefficient (Wildman–Crippen LogP) is 3.58. The zero-order chi connectivity index (χ0) is 10.3. The fourth-order valence-electron chi connectivity index (χ4n) is 2.29. The van der Waals surface area contributed by atoms with Crippen molar-refractivity contribution >= 4 is 0 Å². The van der Waals surface area contributed by atoms with Gasteiger partial charge in [-0.05, 0) is 36.5 Å². The van der Waals surface area contributed by atoms with Crippen LogP contribution in [0.2, 0.25) is 0 Å². The van der Waals surface area contributed by atoms with E-state index in [4.69, 9.17) is 4.74 Å². The van der Waals surface area contributed by atoms with Gasteiger partial charge < -0.3 is 4.74 Å². The number of hydrogen-bond acceptors (Lipinski definition) is 1. The van der Waals surface area contributed by atoms with E-state index in [2.05, 4.69) is 45.9 Å². The topological polar surface area (TPSA) is 9.23 Å². The van der Waals surface area contributed by atoms with E-state index < -0.39 is 0 Å². The molecule has 1 aliphatic heterocycles. The van der Waals surface area contributed by atoms with Crippen LogP contribution in [0.5, 0.6) is 0 Å². The van der Waals surface area contributed by atoms with Gasteiger partial charge in [-0.15, -0.1) is 0 Å². The molecule has 0 saturated heterocycles. The van der Waals surface area contributed by atoms with E-state index in [9.17, 15) is 0 Å². The van der Waals surface area contributed by atoms with Gasteiger partial charge in [0, 0.05) is 0 Å². The molecule has 1 aliphatic rings. The summed E-state index contributed by atoms with van der Waals surface area (Å²) in [5.41, 5.74) is 4.11. The van der Waals surface area contributed by atoms with Crippen molar-refractivity contribution in [3.8, 4) is 0 Å². The first kappa shape index (κ1) is 9.72. The average molecular weight is 190 g/mol. The number of hydrogen-bond donors (Lipinski definition) is 0. The molecule has 0 unspecified atom stereocenters. The summed E-state index contributed by atoms with van der Waals surface area (Å²) in [5, 5.41) is 0. The van der Waals surface area contributed by atoms with Crippen molar-refractivity contribution in [2.24, 2.45) is 0 Å². The number of ether oxygens (including phenoxy) is 1. The Kier molecular flexibility index (Phi) is 2.15. The van der Waals surface area contributed by atoms with Gasteiger partial charge in [-0.25, -0.2) is 0 Å². The third kappa shape index (κ3) is 1.36. The first-order valence-electron chi connectivity index (χ1n) is 5.28. The van der Waals surface area contributed by atoms with E-state index in [0.717, 1.165) is 6.61 Å². The highest BCUT2D eigenvalue weighted by atomic mass is 16.5. The summed E-state index contributed by atoms with van der Waals surface area (Å²) in [6, 6.07) is 6.54. The summed E-state index contributed by atoms with van der Waals surface area (Å²) in [7, 11) is 0. The molecule has 2 rings (SSSR count). The Bertz CT molecular complexity index is 350. The molecule has 0 aromatic heterocycles. The van der Waals surface area contributed by atoms with Crippen LogP contribution in [0.15, 0.2) is 18.2 Å². The molecule has 14 heavy (non-hydrogen) atoms. The SMILES string of the molecule is CC(C)c1cccc2c1C(C)(C)OC2.